The number of thiophene rings is 1. The molecule has 2 heterocycles. The summed E-state index contributed by atoms with van der Waals surface area (Å²) in [6.45, 7) is 2.84. The summed E-state index contributed by atoms with van der Waals surface area (Å²) in [5, 5.41) is 3.16. The van der Waals surface area contributed by atoms with Gasteiger partial charge in [0.05, 0.1) is 13.7 Å². The third-order valence-corrected chi connectivity index (χ3v) is 3.06. The van der Waals surface area contributed by atoms with Crippen LogP contribution in [0.3, 0.4) is 0 Å². The molecule has 0 atom stereocenters. The Morgan fingerprint density at radius 2 is 2.25 bits per heavy atom. The van der Waals surface area contributed by atoms with Crippen molar-refractivity contribution in [2.75, 3.05) is 12.4 Å². The highest BCUT2D eigenvalue weighted by molar-refractivity contribution is 7.11. The van der Waals surface area contributed by atoms with Crippen LogP contribution in [-0.4, -0.2) is 17.1 Å². The smallest absolute Gasteiger partial charge is 0.226 e. The molecule has 0 saturated heterocycles. The van der Waals surface area contributed by atoms with Gasteiger partial charge in [-0.1, -0.05) is 0 Å². The molecule has 0 aliphatic heterocycles. The quantitative estimate of drug-likeness (QED) is 0.884. The largest absolute Gasteiger partial charge is 0.481 e. The number of aromatic nitrogens is 2. The number of anilines is 1. The molecule has 2 rings (SSSR count). The Bertz CT molecular complexity index is 470. The number of nitrogens with one attached hydrogen (secondary N) is 1. The Kier molecular flexibility index (Phi) is 3.36. The Labute approximate surface area is 98.3 Å². The zero-order valence-corrected chi connectivity index (χ0v) is 10.0. The highest BCUT2D eigenvalue weighted by Crippen LogP contribution is 2.16. The van der Waals surface area contributed by atoms with E-state index < -0.39 is 0 Å². The molecule has 0 bridgehead atoms. The average molecular weight is 235 g/mol. The first-order valence-corrected chi connectivity index (χ1v) is 5.76. The molecule has 0 saturated carbocycles. The molecule has 16 heavy (non-hydrogen) atoms. The number of hydrogen-bond donors (Lipinski definition) is 1. The minimum atomic E-state index is 0.569. The van der Waals surface area contributed by atoms with Crippen LogP contribution >= 0.6 is 11.3 Å². The lowest BCUT2D eigenvalue weighted by Gasteiger charge is -2.04. The summed E-state index contributed by atoms with van der Waals surface area (Å²) < 4.78 is 5.02. The van der Waals surface area contributed by atoms with Crippen LogP contribution in [0.1, 0.15) is 9.75 Å². The molecule has 0 aliphatic carbocycles. The molecule has 5 heteroatoms. The Morgan fingerprint density at radius 3 is 2.94 bits per heavy atom. The minimum Gasteiger partial charge on any atom is -0.481 e. The van der Waals surface area contributed by atoms with Crippen molar-refractivity contribution in [3.05, 3.63) is 34.2 Å². The molecule has 0 radical (unpaired) electrons. The van der Waals surface area contributed by atoms with Crippen molar-refractivity contribution in [2.24, 2.45) is 0 Å². The van der Waals surface area contributed by atoms with Crippen LogP contribution in [0.15, 0.2) is 24.4 Å². The fourth-order valence-electron chi connectivity index (χ4n) is 1.29. The maximum atomic E-state index is 5.02. The summed E-state index contributed by atoms with van der Waals surface area (Å²) in [6.07, 6.45) is 1.67. The lowest BCUT2D eigenvalue weighted by Crippen LogP contribution is -2.02. The van der Waals surface area contributed by atoms with E-state index in [1.54, 1.807) is 30.7 Å². The molecule has 0 fully saturated rings. The van der Waals surface area contributed by atoms with Gasteiger partial charge in [0, 0.05) is 22.0 Å². The van der Waals surface area contributed by atoms with Crippen LogP contribution in [0.5, 0.6) is 5.88 Å². The number of hydrogen-bond acceptors (Lipinski definition) is 5. The van der Waals surface area contributed by atoms with E-state index in [9.17, 15) is 0 Å². The molecule has 0 aromatic carbocycles. The van der Waals surface area contributed by atoms with Crippen LogP contribution in [0.25, 0.3) is 0 Å². The van der Waals surface area contributed by atoms with E-state index in [4.69, 9.17) is 4.74 Å². The van der Waals surface area contributed by atoms with Gasteiger partial charge in [-0.2, -0.15) is 4.98 Å². The molecule has 0 aliphatic rings. The molecular weight excluding hydrogens is 222 g/mol. The fraction of sp³-hybridized carbons (Fsp3) is 0.273. The normalized spacial score (nSPS) is 10.1. The molecule has 2 aromatic heterocycles. The zero-order valence-electron chi connectivity index (χ0n) is 9.23. The number of rotatable bonds is 4. The summed E-state index contributed by atoms with van der Waals surface area (Å²) in [5.41, 5.74) is 0. The predicted octanol–water partition coefficient (Wildman–Crippen LogP) is 2.47. The second-order valence-electron chi connectivity index (χ2n) is 3.29. The van der Waals surface area contributed by atoms with Gasteiger partial charge in [0.25, 0.3) is 0 Å². The van der Waals surface area contributed by atoms with Gasteiger partial charge in [-0.25, -0.2) is 4.98 Å². The summed E-state index contributed by atoms with van der Waals surface area (Å²) in [7, 11) is 1.59. The summed E-state index contributed by atoms with van der Waals surface area (Å²) in [4.78, 5) is 10.9. The van der Waals surface area contributed by atoms with Crippen LogP contribution in [0.4, 0.5) is 5.95 Å². The molecule has 0 unspecified atom stereocenters. The number of nitrogens with zero attached hydrogens (tertiary/aromatic N) is 2. The summed E-state index contributed by atoms with van der Waals surface area (Å²) in [5.74, 6) is 1.16. The highest BCUT2D eigenvalue weighted by atomic mass is 32.1. The van der Waals surface area contributed by atoms with Gasteiger partial charge in [-0.15, -0.1) is 11.3 Å². The summed E-state index contributed by atoms with van der Waals surface area (Å²) in [6, 6.07) is 5.93. The van der Waals surface area contributed by atoms with Gasteiger partial charge >= 0.3 is 0 Å². The standard InChI is InChI=1S/C11H13N3OS/c1-8-3-4-9(16-8)7-13-11-12-6-5-10(14-11)15-2/h3-6H,7H2,1-2H3,(H,12,13,14). The Morgan fingerprint density at radius 1 is 1.38 bits per heavy atom. The Balaban J connectivity index is 1.99. The van der Waals surface area contributed by atoms with Crippen molar-refractivity contribution in [1.29, 1.82) is 0 Å². The molecular formula is C11H13N3OS. The lowest BCUT2D eigenvalue weighted by atomic mass is 10.4. The van der Waals surface area contributed by atoms with Crippen LogP contribution < -0.4 is 10.1 Å². The fourth-order valence-corrected chi connectivity index (χ4v) is 2.12. The first-order chi connectivity index (χ1) is 7.78. The number of methoxy groups -OCH3 is 1. The monoisotopic (exact) mass is 235 g/mol. The molecule has 1 N–H and O–H groups in total. The third-order valence-electron chi connectivity index (χ3n) is 2.06. The van der Waals surface area contributed by atoms with E-state index in [1.165, 1.54) is 9.75 Å². The SMILES string of the molecule is COc1ccnc(NCc2ccc(C)s2)n1. The first kappa shape index (κ1) is 10.9. The van der Waals surface area contributed by atoms with E-state index in [0.29, 0.717) is 11.8 Å². The van der Waals surface area contributed by atoms with Crippen LogP contribution in [-0.2, 0) is 6.54 Å². The number of ether oxygens (including phenoxy) is 1. The maximum Gasteiger partial charge on any atom is 0.226 e. The van der Waals surface area contributed by atoms with Gasteiger partial charge in [0.1, 0.15) is 0 Å². The summed E-state index contributed by atoms with van der Waals surface area (Å²) >= 11 is 1.77. The van der Waals surface area contributed by atoms with Crippen molar-refractivity contribution in [1.82, 2.24) is 9.97 Å². The van der Waals surface area contributed by atoms with Crippen molar-refractivity contribution < 1.29 is 4.74 Å². The average Bonchev–Trinajstić information content (AvgIpc) is 2.73. The lowest BCUT2D eigenvalue weighted by molar-refractivity contribution is 0.397. The predicted molar refractivity (Wildman–Crippen MR) is 65.0 cm³/mol. The molecule has 84 valence electrons. The minimum absolute atomic E-state index is 0.569. The van der Waals surface area contributed by atoms with Crippen molar-refractivity contribution in [2.45, 2.75) is 13.5 Å². The van der Waals surface area contributed by atoms with E-state index in [-0.39, 0.29) is 0 Å². The first-order valence-electron chi connectivity index (χ1n) is 4.94. The van der Waals surface area contributed by atoms with Gasteiger partial charge in [0.2, 0.25) is 11.8 Å². The Hall–Kier alpha value is -1.62. The highest BCUT2D eigenvalue weighted by Gasteiger charge is 2.00. The van der Waals surface area contributed by atoms with Gasteiger partial charge in [-0.3, -0.25) is 0 Å². The van der Waals surface area contributed by atoms with Crippen LogP contribution in [0, 0.1) is 6.92 Å². The van der Waals surface area contributed by atoms with Crippen molar-refractivity contribution in [3.8, 4) is 5.88 Å². The zero-order chi connectivity index (χ0) is 11.4. The van der Waals surface area contributed by atoms with E-state index >= 15 is 0 Å². The van der Waals surface area contributed by atoms with Gasteiger partial charge in [0.15, 0.2) is 0 Å². The molecule has 2 aromatic rings. The van der Waals surface area contributed by atoms with Crippen LogP contribution in [0.2, 0.25) is 0 Å². The molecule has 4 nitrogen and oxygen atoms in total. The molecule has 0 amide bonds. The third kappa shape index (κ3) is 2.70. The topological polar surface area (TPSA) is 47.0 Å². The van der Waals surface area contributed by atoms with Crippen molar-refractivity contribution >= 4 is 17.3 Å². The van der Waals surface area contributed by atoms with E-state index in [2.05, 4.69) is 34.3 Å². The maximum absolute atomic E-state index is 5.02. The van der Waals surface area contributed by atoms with Gasteiger partial charge in [-0.05, 0) is 19.1 Å². The van der Waals surface area contributed by atoms with E-state index in [0.717, 1.165) is 6.54 Å². The van der Waals surface area contributed by atoms with Crippen molar-refractivity contribution in [3.63, 3.8) is 0 Å². The second-order valence-corrected chi connectivity index (χ2v) is 4.66. The van der Waals surface area contributed by atoms with E-state index in [1.807, 2.05) is 0 Å². The number of aryl methyl sites for hydroxylation is 1. The van der Waals surface area contributed by atoms with Gasteiger partial charge < -0.3 is 10.1 Å². The molecule has 0 spiro atoms. The second kappa shape index (κ2) is 4.94.